The predicted molar refractivity (Wildman–Crippen MR) is 69.9 cm³/mol. The molecular weight excluding hydrogens is 250 g/mol. The minimum absolute atomic E-state index is 0.0954. The highest BCUT2D eigenvalue weighted by molar-refractivity contribution is 5.81. The van der Waals surface area contributed by atoms with Gasteiger partial charge in [-0.15, -0.1) is 0 Å². The summed E-state index contributed by atoms with van der Waals surface area (Å²) in [7, 11) is 1.35. The second-order valence-electron chi connectivity index (χ2n) is 4.37. The lowest BCUT2D eigenvalue weighted by Crippen LogP contribution is -2.36. The van der Waals surface area contributed by atoms with Crippen LogP contribution < -0.4 is 10.6 Å². The second kappa shape index (κ2) is 5.13. The van der Waals surface area contributed by atoms with Crippen LogP contribution in [0, 0.1) is 10.1 Å². The summed E-state index contributed by atoms with van der Waals surface area (Å²) in [5.41, 5.74) is 6.33. The fourth-order valence-corrected chi connectivity index (χ4v) is 2.34. The van der Waals surface area contributed by atoms with E-state index in [0.29, 0.717) is 18.7 Å². The van der Waals surface area contributed by atoms with Gasteiger partial charge in [-0.1, -0.05) is 0 Å². The number of carbonyl (C=O) groups is 1. The van der Waals surface area contributed by atoms with Crippen molar-refractivity contribution in [1.82, 2.24) is 0 Å². The van der Waals surface area contributed by atoms with E-state index in [1.54, 1.807) is 6.07 Å². The number of nitro benzene ring substituents is 1. The number of rotatable bonds is 3. The summed E-state index contributed by atoms with van der Waals surface area (Å²) in [6.45, 7) is 0.705. The Morgan fingerprint density at radius 1 is 1.58 bits per heavy atom. The van der Waals surface area contributed by atoms with E-state index in [4.69, 9.17) is 10.5 Å². The number of nitro groups is 1. The molecule has 0 saturated carbocycles. The molecule has 1 heterocycles. The minimum atomic E-state index is -0.527. The summed E-state index contributed by atoms with van der Waals surface area (Å²) < 4.78 is 4.76. The average Bonchev–Trinajstić information content (AvgIpc) is 2.86. The van der Waals surface area contributed by atoms with Crippen molar-refractivity contribution in [3.8, 4) is 0 Å². The van der Waals surface area contributed by atoms with E-state index < -0.39 is 4.92 Å². The normalized spacial score (nSPS) is 18.4. The molecule has 1 unspecified atom stereocenters. The van der Waals surface area contributed by atoms with E-state index in [1.165, 1.54) is 19.2 Å². The van der Waals surface area contributed by atoms with Gasteiger partial charge < -0.3 is 15.4 Å². The molecule has 102 valence electrons. The van der Waals surface area contributed by atoms with Gasteiger partial charge in [-0.3, -0.25) is 10.1 Å². The van der Waals surface area contributed by atoms with Crippen LogP contribution in [0.1, 0.15) is 12.8 Å². The van der Waals surface area contributed by atoms with Crippen molar-refractivity contribution in [3.05, 3.63) is 28.3 Å². The lowest BCUT2D eigenvalue weighted by molar-refractivity contribution is -0.383. The number of hydrogen-bond acceptors (Lipinski definition) is 6. The van der Waals surface area contributed by atoms with Crippen LogP contribution in [0.15, 0.2) is 18.2 Å². The number of nitrogens with zero attached hydrogens (tertiary/aromatic N) is 2. The van der Waals surface area contributed by atoms with Crippen LogP contribution in [0.3, 0.4) is 0 Å². The molecule has 0 radical (unpaired) electrons. The van der Waals surface area contributed by atoms with Crippen LogP contribution >= 0.6 is 0 Å². The van der Waals surface area contributed by atoms with Crippen LogP contribution in [0.4, 0.5) is 17.1 Å². The Hall–Kier alpha value is -2.31. The maximum atomic E-state index is 11.7. The Morgan fingerprint density at radius 3 is 2.89 bits per heavy atom. The molecule has 7 nitrogen and oxygen atoms in total. The Kier molecular flexibility index (Phi) is 3.55. The quantitative estimate of drug-likeness (QED) is 0.383. The zero-order valence-corrected chi connectivity index (χ0v) is 10.5. The summed E-state index contributed by atoms with van der Waals surface area (Å²) in [5, 5.41) is 10.7. The Labute approximate surface area is 110 Å². The van der Waals surface area contributed by atoms with E-state index in [0.717, 1.165) is 6.42 Å². The van der Waals surface area contributed by atoms with Gasteiger partial charge in [0.05, 0.1) is 12.0 Å². The van der Waals surface area contributed by atoms with Crippen LogP contribution in [-0.4, -0.2) is 30.6 Å². The molecule has 0 bridgehead atoms. The molecule has 0 aromatic heterocycles. The summed E-state index contributed by atoms with van der Waals surface area (Å²) in [6, 6.07) is 4.15. The first kappa shape index (κ1) is 13.1. The van der Waals surface area contributed by atoms with Crippen molar-refractivity contribution >= 4 is 23.0 Å². The van der Waals surface area contributed by atoms with Gasteiger partial charge >= 0.3 is 5.97 Å². The predicted octanol–water partition coefficient (Wildman–Crippen LogP) is 1.32. The number of benzene rings is 1. The fourth-order valence-electron chi connectivity index (χ4n) is 2.34. The topological polar surface area (TPSA) is 98.7 Å². The molecule has 1 saturated heterocycles. The zero-order valence-electron chi connectivity index (χ0n) is 10.5. The van der Waals surface area contributed by atoms with Crippen LogP contribution in [-0.2, 0) is 9.53 Å². The fraction of sp³-hybridized carbons (Fsp3) is 0.417. The number of hydrogen-bond donors (Lipinski definition) is 1. The second-order valence-corrected chi connectivity index (χ2v) is 4.37. The maximum absolute atomic E-state index is 11.7. The van der Waals surface area contributed by atoms with Crippen molar-refractivity contribution in [2.75, 3.05) is 24.3 Å². The SMILES string of the molecule is COC(=O)C1CCCN1c1ccc([N+](=O)[O-])c(N)c1. The van der Waals surface area contributed by atoms with Crippen molar-refractivity contribution in [2.45, 2.75) is 18.9 Å². The van der Waals surface area contributed by atoms with Crippen LogP contribution in [0.5, 0.6) is 0 Å². The van der Waals surface area contributed by atoms with Gasteiger partial charge in [0, 0.05) is 18.3 Å². The maximum Gasteiger partial charge on any atom is 0.328 e. The Bertz CT molecular complexity index is 518. The first-order valence-electron chi connectivity index (χ1n) is 5.93. The molecule has 2 rings (SSSR count). The molecule has 19 heavy (non-hydrogen) atoms. The van der Waals surface area contributed by atoms with Crippen molar-refractivity contribution in [2.24, 2.45) is 0 Å². The third-order valence-corrected chi connectivity index (χ3v) is 3.27. The first-order chi connectivity index (χ1) is 9.04. The molecule has 0 aliphatic carbocycles. The van der Waals surface area contributed by atoms with Gasteiger partial charge in [0.1, 0.15) is 11.7 Å². The van der Waals surface area contributed by atoms with Gasteiger partial charge in [0.2, 0.25) is 0 Å². The molecule has 1 aliphatic rings. The van der Waals surface area contributed by atoms with Gasteiger partial charge in [0.15, 0.2) is 0 Å². The third-order valence-electron chi connectivity index (χ3n) is 3.27. The molecule has 7 heteroatoms. The Balaban J connectivity index is 2.29. The van der Waals surface area contributed by atoms with E-state index in [-0.39, 0.29) is 23.4 Å². The summed E-state index contributed by atoms with van der Waals surface area (Å²) >= 11 is 0. The monoisotopic (exact) mass is 265 g/mol. The highest BCUT2D eigenvalue weighted by Crippen LogP contribution is 2.31. The standard InChI is InChI=1S/C12H15N3O4/c1-19-12(16)11-3-2-6-14(11)8-4-5-10(15(17)18)9(13)7-8/h4-5,7,11H,2-3,6,13H2,1H3. The molecule has 1 aromatic carbocycles. The van der Waals surface area contributed by atoms with Crippen molar-refractivity contribution in [1.29, 1.82) is 0 Å². The van der Waals surface area contributed by atoms with Gasteiger partial charge in [-0.25, -0.2) is 4.79 Å². The lowest BCUT2D eigenvalue weighted by atomic mass is 10.2. The van der Waals surface area contributed by atoms with E-state index in [1.807, 2.05) is 4.90 Å². The molecule has 0 amide bonds. The van der Waals surface area contributed by atoms with E-state index >= 15 is 0 Å². The largest absolute Gasteiger partial charge is 0.467 e. The number of nitrogens with two attached hydrogens (primary N) is 1. The van der Waals surface area contributed by atoms with Gasteiger partial charge in [0.25, 0.3) is 5.69 Å². The molecular formula is C12H15N3O4. The molecule has 1 aliphatic heterocycles. The summed E-state index contributed by atoms with van der Waals surface area (Å²) in [5.74, 6) is -0.297. The van der Waals surface area contributed by atoms with E-state index in [2.05, 4.69) is 0 Å². The molecule has 1 atom stereocenters. The third kappa shape index (κ3) is 2.44. The van der Waals surface area contributed by atoms with E-state index in [9.17, 15) is 14.9 Å². The first-order valence-corrected chi connectivity index (χ1v) is 5.93. The number of anilines is 2. The lowest BCUT2D eigenvalue weighted by Gasteiger charge is -2.24. The summed E-state index contributed by atoms with van der Waals surface area (Å²) in [6.07, 6.45) is 1.58. The smallest absolute Gasteiger partial charge is 0.328 e. The molecule has 0 spiro atoms. The number of carbonyl (C=O) groups excluding carboxylic acids is 1. The number of nitrogen functional groups attached to an aromatic ring is 1. The highest BCUT2D eigenvalue weighted by atomic mass is 16.6. The zero-order chi connectivity index (χ0) is 14.0. The average molecular weight is 265 g/mol. The van der Waals surface area contributed by atoms with Gasteiger partial charge in [-0.05, 0) is 25.0 Å². The van der Waals surface area contributed by atoms with Crippen molar-refractivity contribution in [3.63, 3.8) is 0 Å². The number of esters is 1. The highest BCUT2D eigenvalue weighted by Gasteiger charge is 2.32. The molecule has 1 aromatic rings. The molecule has 2 N–H and O–H groups in total. The van der Waals surface area contributed by atoms with Crippen LogP contribution in [0.2, 0.25) is 0 Å². The molecule has 1 fully saturated rings. The van der Waals surface area contributed by atoms with Gasteiger partial charge in [-0.2, -0.15) is 0 Å². The number of methoxy groups -OCH3 is 1. The summed E-state index contributed by atoms with van der Waals surface area (Å²) in [4.78, 5) is 23.7. The minimum Gasteiger partial charge on any atom is -0.467 e. The Morgan fingerprint density at radius 2 is 2.32 bits per heavy atom. The van der Waals surface area contributed by atoms with Crippen LogP contribution in [0.25, 0.3) is 0 Å². The number of ether oxygens (including phenoxy) is 1. The van der Waals surface area contributed by atoms with Crippen molar-refractivity contribution < 1.29 is 14.5 Å².